The topological polar surface area (TPSA) is 131 Å². The molecule has 0 aromatic heterocycles. The Morgan fingerprint density at radius 1 is 1.35 bits per heavy atom. The van der Waals surface area contributed by atoms with Gasteiger partial charge >= 0.3 is 6.03 Å². The quantitative estimate of drug-likeness (QED) is 0.406. The second-order valence-corrected chi connectivity index (χ2v) is 6.03. The molecule has 2 aromatic rings. The number of nitrogens with zero attached hydrogens (tertiary/aromatic N) is 2. The van der Waals surface area contributed by atoms with E-state index < -0.39 is 17.1 Å². The van der Waals surface area contributed by atoms with E-state index in [1.54, 1.807) is 25.1 Å². The van der Waals surface area contributed by atoms with Crippen LogP contribution in [0.3, 0.4) is 0 Å². The number of hydrogen-bond donors (Lipinski definition) is 3. The number of carbonyl (C=O) groups is 1. The number of nitro benzene ring substituents is 1. The van der Waals surface area contributed by atoms with Gasteiger partial charge in [-0.1, -0.05) is 17.7 Å². The van der Waals surface area contributed by atoms with Crippen LogP contribution in [0.15, 0.2) is 47.6 Å². The molecule has 1 unspecified atom stereocenters. The lowest BCUT2D eigenvalue weighted by atomic mass is 9.94. The fraction of sp³-hybridized carbons (Fsp3) is 0.176. The Balaban J connectivity index is 2.58. The molecule has 2 aromatic carbocycles. The van der Waals surface area contributed by atoms with E-state index in [0.29, 0.717) is 28.3 Å². The number of rotatable bonds is 6. The van der Waals surface area contributed by atoms with E-state index in [2.05, 4.69) is 10.5 Å². The van der Waals surface area contributed by atoms with Crippen molar-refractivity contribution < 1.29 is 14.8 Å². The van der Waals surface area contributed by atoms with Crippen LogP contribution < -0.4 is 11.2 Å². The molecule has 0 bridgehead atoms. The monoisotopic (exact) mass is 376 g/mol. The summed E-state index contributed by atoms with van der Waals surface area (Å²) in [5, 5.41) is 25.0. The maximum absolute atomic E-state index is 11.1. The first-order valence-corrected chi connectivity index (χ1v) is 8.00. The van der Waals surface area contributed by atoms with E-state index in [4.69, 9.17) is 17.3 Å². The number of aliphatic hydroxyl groups is 1. The molecule has 136 valence electrons. The standard InChI is InChI=1S/C17H17ClN4O4/c1-10(23)8-12-2-5-13(18)9-15(12)16(20-21-17(19)24)11-3-6-14(7-4-11)22(25)26/h2-7,9-10,23H,8H2,1H3,(H3,19,21,24). The SMILES string of the molecule is CC(O)Cc1ccc(Cl)cc1C(=NNC(N)=O)c1ccc([N+](=O)[O-])cc1. The third-order valence-electron chi connectivity index (χ3n) is 3.47. The number of amides is 2. The zero-order chi connectivity index (χ0) is 19.3. The van der Waals surface area contributed by atoms with Gasteiger partial charge in [0.25, 0.3) is 5.69 Å². The molecule has 9 heteroatoms. The maximum Gasteiger partial charge on any atom is 0.332 e. The molecule has 4 N–H and O–H groups in total. The number of hydrazone groups is 1. The molecule has 26 heavy (non-hydrogen) atoms. The molecule has 0 saturated carbocycles. The normalized spacial score (nSPS) is 12.5. The highest BCUT2D eigenvalue weighted by atomic mass is 35.5. The molecule has 0 aliphatic heterocycles. The van der Waals surface area contributed by atoms with Crippen LogP contribution in [0.1, 0.15) is 23.6 Å². The lowest BCUT2D eigenvalue weighted by Crippen LogP contribution is -2.26. The fourth-order valence-corrected chi connectivity index (χ4v) is 2.57. The van der Waals surface area contributed by atoms with Crippen molar-refractivity contribution in [3.8, 4) is 0 Å². The summed E-state index contributed by atoms with van der Waals surface area (Å²) in [6, 6.07) is 9.88. The Kier molecular flexibility index (Phi) is 6.26. The first-order chi connectivity index (χ1) is 12.3. The van der Waals surface area contributed by atoms with E-state index >= 15 is 0 Å². The van der Waals surface area contributed by atoms with Crippen molar-refractivity contribution in [3.63, 3.8) is 0 Å². The fourth-order valence-electron chi connectivity index (χ4n) is 2.40. The predicted molar refractivity (Wildman–Crippen MR) is 98.3 cm³/mol. The van der Waals surface area contributed by atoms with Gasteiger partial charge in [0.2, 0.25) is 0 Å². The maximum atomic E-state index is 11.1. The summed E-state index contributed by atoms with van der Waals surface area (Å²) in [6.07, 6.45) is -0.285. The number of carbonyl (C=O) groups excluding carboxylic acids is 1. The molecule has 0 saturated heterocycles. The lowest BCUT2D eigenvalue weighted by Gasteiger charge is -2.14. The Bertz CT molecular complexity index is 850. The molecule has 0 fully saturated rings. The van der Waals surface area contributed by atoms with Crippen LogP contribution in [-0.2, 0) is 6.42 Å². The highest BCUT2D eigenvalue weighted by Gasteiger charge is 2.16. The second kappa shape index (κ2) is 8.41. The van der Waals surface area contributed by atoms with Crippen LogP contribution in [0.4, 0.5) is 10.5 Å². The first-order valence-electron chi connectivity index (χ1n) is 7.62. The number of primary amides is 1. The minimum atomic E-state index is -0.858. The Hall–Kier alpha value is -2.97. The minimum absolute atomic E-state index is 0.0775. The first kappa shape index (κ1) is 19.4. The minimum Gasteiger partial charge on any atom is -0.393 e. The van der Waals surface area contributed by atoms with Gasteiger partial charge in [0.05, 0.1) is 16.7 Å². The average molecular weight is 377 g/mol. The third kappa shape index (κ3) is 5.01. The van der Waals surface area contributed by atoms with Crippen LogP contribution in [-0.4, -0.2) is 27.9 Å². The van der Waals surface area contributed by atoms with Gasteiger partial charge in [0.15, 0.2) is 0 Å². The Morgan fingerprint density at radius 3 is 2.54 bits per heavy atom. The lowest BCUT2D eigenvalue weighted by molar-refractivity contribution is -0.384. The van der Waals surface area contributed by atoms with E-state index in [-0.39, 0.29) is 5.69 Å². The second-order valence-electron chi connectivity index (χ2n) is 5.60. The molecule has 0 radical (unpaired) electrons. The average Bonchev–Trinajstić information content (AvgIpc) is 2.57. The van der Waals surface area contributed by atoms with E-state index in [1.165, 1.54) is 24.3 Å². The summed E-state index contributed by atoms with van der Waals surface area (Å²) < 4.78 is 0. The molecular weight excluding hydrogens is 360 g/mol. The largest absolute Gasteiger partial charge is 0.393 e. The van der Waals surface area contributed by atoms with Crippen LogP contribution in [0.5, 0.6) is 0 Å². The smallest absolute Gasteiger partial charge is 0.332 e. The van der Waals surface area contributed by atoms with Gasteiger partial charge in [-0.2, -0.15) is 5.10 Å². The number of nitrogens with one attached hydrogen (secondary N) is 1. The van der Waals surface area contributed by atoms with Crippen LogP contribution in [0.25, 0.3) is 0 Å². The van der Waals surface area contributed by atoms with E-state index in [0.717, 1.165) is 5.56 Å². The summed E-state index contributed by atoms with van der Waals surface area (Å²) in [5.41, 5.74) is 9.33. The van der Waals surface area contributed by atoms with Crippen molar-refractivity contribution in [2.75, 3.05) is 0 Å². The Morgan fingerprint density at radius 2 is 2.00 bits per heavy atom. The molecule has 8 nitrogen and oxygen atoms in total. The van der Waals surface area contributed by atoms with Crippen LogP contribution in [0.2, 0.25) is 5.02 Å². The van der Waals surface area contributed by atoms with Crippen molar-refractivity contribution in [2.45, 2.75) is 19.4 Å². The molecular formula is C17H17ClN4O4. The molecule has 0 aliphatic rings. The number of hydrogen-bond acceptors (Lipinski definition) is 5. The van der Waals surface area contributed by atoms with Gasteiger partial charge in [0.1, 0.15) is 0 Å². The highest BCUT2D eigenvalue weighted by Crippen LogP contribution is 2.23. The molecule has 2 amide bonds. The molecule has 0 heterocycles. The van der Waals surface area contributed by atoms with Crippen LogP contribution in [0, 0.1) is 10.1 Å². The summed E-state index contributed by atoms with van der Waals surface area (Å²) in [6.45, 7) is 1.64. The summed E-state index contributed by atoms with van der Waals surface area (Å²) in [7, 11) is 0. The summed E-state index contributed by atoms with van der Waals surface area (Å²) in [5.74, 6) is 0. The molecule has 0 aliphatic carbocycles. The van der Waals surface area contributed by atoms with E-state index in [9.17, 15) is 20.0 Å². The molecule has 2 rings (SSSR count). The van der Waals surface area contributed by atoms with Crippen molar-refractivity contribution in [1.82, 2.24) is 5.43 Å². The van der Waals surface area contributed by atoms with Crippen molar-refractivity contribution in [3.05, 3.63) is 74.3 Å². The predicted octanol–water partition coefficient (Wildman–Crippen LogP) is 2.59. The van der Waals surface area contributed by atoms with E-state index in [1.807, 2.05) is 0 Å². The van der Waals surface area contributed by atoms with Gasteiger partial charge in [-0.25, -0.2) is 10.2 Å². The number of urea groups is 1. The van der Waals surface area contributed by atoms with Crippen molar-refractivity contribution in [1.29, 1.82) is 0 Å². The van der Waals surface area contributed by atoms with Gasteiger partial charge < -0.3 is 10.8 Å². The van der Waals surface area contributed by atoms with Crippen molar-refractivity contribution in [2.24, 2.45) is 10.8 Å². The Labute approximate surface area is 154 Å². The van der Waals surface area contributed by atoms with Gasteiger partial charge in [-0.15, -0.1) is 0 Å². The number of halogens is 1. The zero-order valence-corrected chi connectivity index (χ0v) is 14.6. The number of aliphatic hydroxyl groups excluding tert-OH is 1. The zero-order valence-electron chi connectivity index (χ0n) is 13.8. The number of nitro groups is 1. The number of non-ortho nitro benzene ring substituents is 1. The third-order valence-corrected chi connectivity index (χ3v) is 3.71. The van der Waals surface area contributed by atoms with Gasteiger partial charge in [-0.3, -0.25) is 10.1 Å². The van der Waals surface area contributed by atoms with Gasteiger partial charge in [-0.05, 0) is 43.2 Å². The van der Waals surface area contributed by atoms with Crippen molar-refractivity contribution >= 4 is 29.0 Å². The summed E-state index contributed by atoms with van der Waals surface area (Å²) >= 11 is 6.10. The summed E-state index contributed by atoms with van der Waals surface area (Å²) in [4.78, 5) is 21.4. The van der Waals surface area contributed by atoms with Gasteiger partial charge in [0, 0.05) is 28.3 Å². The highest BCUT2D eigenvalue weighted by molar-refractivity contribution is 6.31. The van der Waals surface area contributed by atoms with Crippen LogP contribution >= 0.6 is 11.6 Å². The molecule has 0 spiro atoms. The number of benzene rings is 2. The molecule has 1 atom stereocenters. The number of nitrogens with two attached hydrogens (primary N) is 1.